The highest BCUT2D eigenvalue weighted by Crippen LogP contribution is 2.02. The summed E-state index contributed by atoms with van der Waals surface area (Å²) in [4.78, 5) is 11.3. The van der Waals surface area contributed by atoms with E-state index in [1.54, 1.807) is 7.11 Å². The summed E-state index contributed by atoms with van der Waals surface area (Å²) >= 11 is 0. The minimum Gasteiger partial charge on any atom is -0.391 e. The minimum atomic E-state index is -0.583. The molecular weight excluding hydrogens is 232 g/mol. The number of hydrogen-bond donors (Lipinski definition) is 3. The van der Waals surface area contributed by atoms with Crippen molar-refractivity contribution in [2.45, 2.75) is 12.5 Å². The van der Waals surface area contributed by atoms with Gasteiger partial charge in [-0.1, -0.05) is 30.3 Å². The van der Waals surface area contributed by atoms with E-state index in [9.17, 15) is 9.90 Å². The summed E-state index contributed by atoms with van der Waals surface area (Å²) in [5, 5.41) is 15.0. The standard InChI is InChI=1S/C13H20N2O3/c1-18-8-7-14-13(17)15-10-12(16)9-11-5-3-2-4-6-11/h2-6,12,16H,7-10H2,1H3,(H2,14,15,17). The van der Waals surface area contributed by atoms with E-state index in [4.69, 9.17) is 4.74 Å². The molecule has 1 rings (SSSR count). The minimum absolute atomic E-state index is 0.230. The van der Waals surface area contributed by atoms with Gasteiger partial charge in [0.05, 0.1) is 12.7 Å². The van der Waals surface area contributed by atoms with E-state index in [0.29, 0.717) is 19.6 Å². The number of amides is 2. The van der Waals surface area contributed by atoms with Gasteiger partial charge in [0.25, 0.3) is 0 Å². The highest BCUT2D eigenvalue weighted by atomic mass is 16.5. The lowest BCUT2D eigenvalue weighted by Gasteiger charge is -2.12. The Bertz CT molecular complexity index is 343. The number of hydrogen-bond acceptors (Lipinski definition) is 3. The quantitative estimate of drug-likeness (QED) is 0.620. The Balaban J connectivity index is 2.17. The monoisotopic (exact) mass is 252 g/mol. The van der Waals surface area contributed by atoms with Crippen LogP contribution in [0.2, 0.25) is 0 Å². The lowest BCUT2D eigenvalue weighted by atomic mass is 10.1. The van der Waals surface area contributed by atoms with Crippen molar-refractivity contribution in [2.75, 3.05) is 26.8 Å². The molecule has 0 bridgehead atoms. The van der Waals surface area contributed by atoms with Gasteiger partial charge in [-0.05, 0) is 5.56 Å². The van der Waals surface area contributed by atoms with Gasteiger partial charge in [0, 0.05) is 26.6 Å². The molecule has 2 amide bonds. The zero-order chi connectivity index (χ0) is 13.2. The Labute approximate surface area is 107 Å². The first-order chi connectivity index (χ1) is 8.72. The maximum atomic E-state index is 11.3. The van der Waals surface area contributed by atoms with Crippen molar-refractivity contribution in [3.63, 3.8) is 0 Å². The van der Waals surface area contributed by atoms with Crippen molar-refractivity contribution in [3.05, 3.63) is 35.9 Å². The predicted octanol–water partition coefficient (Wildman–Crippen LogP) is 0.536. The zero-order valence-electron chi connectivity index (χ0n) is 10.6. The predicted molar refractivity (Wildman–Crippen MR) is 69.4 cm³/mol. The van der Waals surface area contributed by atoms with Gasteiger partial charge < -0.3 is 20.5 Å². The van der Waals surface area contributed by atoms with Crippen LogP contribution in [0, 0.1) is 0 Å². The van der Waals surface area contributed by atoms with Crippen LogP contribution >= 0.6 is 0 Å². The average Bonchev–Trinajstić information content (AvgIpc) is 2.38. The maximum absolute atomic E-state index is 11.3. The zero-order valence-corrected chi connectivity index (χ0v) is 10.6. The van der Waals surface area contributed by atoms with Gasteiger partial charge in [-0.25, -0.2) is 4.79 Å². The Hall–Kier alpha value is -1.59. The second-order valence-corrected chi connectivity index (χ2v) is 3.97. The molecule has 0 fully saturated rings. The highest BCUT2D eigenvalue weighted by molar-refractivity contribution is 5.73. The molecule has 1 unspecified atom stereocenters. The fraction of sp³-hybridized carbons (Fsp3) is 0.462. The summed E-state index contributed by atoms with van der Waals surface area (Å²) in [6, 6.07) is 9.38. The second kappa shape index (κ2) is 8.49. The highest BCUT2D eigenvalue weighted by Gasteiger charge is 2.07. The molecule has 0 heterocycles. The lowest BCUT2D eigenvalue weighted by Crippen LogP contribution is -2.41. The molecule has 0 aromatic heterocycles. The maximum Gasteiger partial charge on any atom is 0.314 e. The van der Waals surface area contributed by atoms with E-state index >= 15 is 0 Å². The largest absolute Gasteiger partial charge is 0.391 e. The van der Waals surface area contributed by atoms with Crippen molar-refractivity contribution in [2.24, 2.45) is 0 Å². The molecule has 0 saturated carbocycles. The smallest absolute Gasteiger partial charge is 0.314 e. The topological polar surface area (TPSA) is 70.6 Å². The first kappa shape index (κ1) is 14.5. The normalized spacial score (nSPS) is 11.9. The Morgan fingerprint density at radius 3 is 2.72 bits per heavy atom. The Morgan fingerprint density at radius 1 is 1.33 bits per heavy atom. The first-order valence-corrected chi connectivity index (χ1v) is 5.95. The molecule has 18 heavy (non-hydrogen) atoms. The van der Waals surface area contributed by atoms with Crippen LogP contribution in [0.1, 0.15) is 5.56 Å². The van der Waals surface area contributed by atoms with E-state index < -0.39 is 6.10 Å². The number of aliphatic hydroxyl groups excluding tert-OH is 1. The summed E-state index contributed by atoms with van der Waals surface area (Å²) in [6.45, 7) is 1.16. The number of carbonyl (C=O) groups excluding carboxylic acids is 1. The molecule has 5 nitrogen and oxygen atoms in total. The number of nitrogens with one attached hydrogen (secondary N) is 2. The van der Waals surface area contributed by atoms with E-state index in [1.807, 2.05) is 30.3 Å². The number of ether oxygens (including phenoxy) is 1. The van der Waals surface area contributed by atoms with E-state index in [2.05, 4.69) is 10.6 Å². The molecule has 1 aromatic rings. The van der Waals surface area contributed by atoms with Crippen molar-refractivity contribution in [1.29, 1.82) is 0 Å². The molecule has 5 heteroatoms. The fourth-order valence-corrected chi connectivity index (χ4v) is 1.50. The molecule has 0 aliphatic heterocycles. The summed E-state index contributed by atoms with van der Waals surface area (Å²) in [5.74, 6) is 0. The molecule has 0 radical (unpaired) electrons. The fourth-order valence-electron chi connectivity index (χ4n) is 1.50. The van der Waals surface area contributed by atoms with Gasteiger partial charge in [0.1, 0.15) is 0 Å². The number of rotatable bonds is 7. The number of carbonyl (C=O) groups is 1. The summed E-state index contributed by atoms with van der Waals surface area (Å²) in [6.07, 6.45) is -0.0558. The molecule has 0 aliphatic rings. The van der Waals surface area contributed by atoms with Gasteiger partial charge >= 0.3 is 6.03 Å². The van der Waals surface area contributed by atoms with Gasteiger partial charge in [0.15, 0.2) is 0 Å². The summed E-state index contributed by atoms with van der Waals surface area (Å²) < 4.78 is 4.80. The summed E-state index contributed by atoms with van der Waals surface area (Å²) in [5.41, 5.74) is 1.05. The molecule has 0 saturated heterocycles. The van der Waals surface area contributed by atoms with Crippen LogP contribution in [-0.2, 0) is 11.2 Å². The molecule has 3 N–H and O–H groups in total. The Kier molecular flexibility index (Phi) is 6.83. The van der Waals surface area contributed by atoms with Crippen LogP contribution < -0.4 is 10.6 Å². The molecule has 0 aliphatic carbocycles. The number of benzene rings is 1. The number of urea groups is 1. The van der Waals surface area contributed by atoms with Gasteiger partial charge in [-0.3, -0.25) is 0 Å². The Morgan fingerprint density at radius 2 is 2.06 bits per heavy atom. The third-order valence-electron chi connectivity index (χ3n) is 2.40. The first-order valence-electron chi connectivity index (χ1n) is 5.95. The van der Waals surface area contributed by atoms with Crippen LogP contribution in [0.15, 0.2) is 30.3 Å². The van der Waals surface area contributed by atoms with Crippen LogP contribution in [-0.4, -0.2) is 44.0 Å². The molecular formula is C13H20N2O3. The average molecular weight is 252 g/mol. The van der Waals surface area contributed by atoms with E-state index in [0.717, 1.165) is 5.56 Å². The van der Waals surface area contributed by atoms with Gasteiger partial charge in [-0.15, -0.1) is 0 Å². The molecule has 0 spiro atoms. The third-order valence-corrected chi connectivity index (χ3v) is 2.40. The lowest BCUT2D eigenvalue weighted by molar-refractivity contribution is 0.168. The third kappa shape index (κ3) is 6.22. The summed E-state index contributed by atoms with van der Waals surface area (Å²) in [7, 11) is 1.57. The SMILES string of the molecule is COCCNC(=O)NCC(O)Cc1ccccc1. The van der Waals surface area contributed by atoms with Crippen LogP contribution in [0.4, 0.5) is 4.79 Å². The van der Waals surface area contributed by atoms with Crippen molar-refractivity contribution < 1.29 is 14.6 Å². The number of aliphatic hydroxyl groups is 1. The van der Waals surface area contributed by atoms with Crippen molar-refractivity contribution in [1.82, 2.24) is 10.6 Å². The molecule has 1 aromatic carbocycles. The van der Waals surface area contributed by atoms with Crippen molar-refractivity contribution in [3.8, 4) is 0 Å². The van der Waals surface area contributed by atoms with Crippen LogP contribution in [0.25, 0.3) is 0 Å². The number of methoxy groups -OCH3 is 1. The van der Waals surface area contributed by atoms with Gasteiger partial charge in [-0.2, -0.15) is 0 Å². The molecule has 1 atom stereocenters. The van der Waals surface area contributed by atoms with E-state index in [1.165, 1.54) is 0 Å². The van der Waals surface area contributed by atoms with Crippen molar-refractivity contribution >= 4 is 6.03 Å². The van der Waals surface area contributed by atoms with Gasteiger partial charge in [0.2, 0.25) is 0 Å². The van der Waals surface area contributed by atoms with E-state index in [-0.39, 0.29) is 12.6 Å². The van der Waals surface area contributed by atoms with Crippen LogP contribution in [0.5, 0.6) is 0 Å². The second-order valence-electron chi connectivity index (χ2n) is 3.97. The van der Waals surface area contributed by atoms with Crippen LogP contribution in [0.3, 0.4) is 0 Å². The molecule has 100 valence electrons.